The molecule has 1 aromatic rings. The molecule has 1 heterocycles. The van der Waals surface area contributed by atoms with E-state index in [2.05, 4.69) is 21.2 Å². The molecule has 2 atom stereocenters. The second-order valence-corrected chi connectivity index (χ2v) is 4.82. The van der Waals surface area contributed by atoms with Crippen molar-refractivity contribution in [1.29, 1.82) is 0 Å². The number of furan rings is 1. The molecule has 0 saturated heterocycles. The Morgan fingerprint density at radius 1 is 1.58 bits per heavy atom. The van der Waals surface area contributed by atoms with Gasteiger partial charge in [-0.25, -0.2) is 0 Å². The Bertz CT molecular complexity index is 459. The zero-order valence-electron chi connectivity index (χ0n) is 10.2. The zero-order valence-corrected chi connectivity index (χ0v) is 11.8. The Kier molecular flexibility index (Phi) is 5.03. The number of carbonyl (C=O) groups is 1. The maximum absolute atomic E-state index is 12.4. The van der Waals surface area contributed by atoms with Crippen molar-refractivity contribution in [3.63, 3.8) is 0 Å². The molecule has 0 aromatic carbocycles. The van der Waals surface area contributed by atoms with Crippen LogP contribution in [0.15, 0.2) is 15.2 Å². The SMILES string of the molecule is CCC(NC(=O)c1oc(Br)cc1C)C(O)C(F)(F)F. The van der Waals surface area contributed by atoms with Crippen LogP contribution >= 0.6 is 15.9 Å². The predicted molar refractivity (Wildman–Crippen MR) is 64.8 cm³/mol. The maximum Gasteiger partial charge on any atom is 0.416 e. The summed E-state index contributed by atoms with van der Waals surface area (Å²) in [6.45, 7) is 3.02. The molecule has 0 spiro atoms. The van der Waals surface area contributed by atoms with Crippen LogP contribution in [0.5, 0.6) is 0 Å². The number of aryl methyl sites for hydroxylation is 1. The van der Waals surface area contributed by atoms with Gasteiger partial charge in [-0.1, -0.05) is 6.92 Å². The van der Waals surface area contributed by atoms with E-state index < -0.39 is 24.2 Å². The molecule has 1 rings (SSSR count). The molecule has 8 heteroatoms. The molecule has 0 bridgehead atoms. The van der Waals surface area contributed by atoms with Crippen molar-refractivity contribution in [3.8, 4) is 0 Å². The summed E-state index contributed by atoms with van der Waals surface area (Å²) in [5.74, 6) is -0.877. The van der Waals surface area contributed by atoms with Gasteiger partial charge in [-0.2, -0.15) is 13.2 Å². The van der Waals surface area contributed by atoms with Gasteiger partial charge >= 0.3 is 6.18 Å². The van der Waals surface area contributed by atoms with Crippen molar-refractivity contribution in [2.24, 2.45) is 0 Å². The molecule has 0 aliphatic heterocycles. The van der Waals surface area contributed by atoms with Crippen molar-refractivity contribution < 1.29 is 27.5 Å². The molecule has 1 aromatic heterocycles. The van der Waals surface area contributed by atoms with E-state index in [4.69, 9.17) is 9.52 Å². The minimum Gasteiger partial charge on any atom is -0.444 e. The molecule has 108 valence electrons. The van der Waals surface area contributed by atoms with E-state index in [0.29, 0.717) is 10.2 Å². The third-order valence-electron chi connectivity index (χ3n) is 2.57. The van der Waals surface area contributed by atoms with Crippen LogP contribution in [-0.2, 0) is 0 Å². The number of aliphatic hydroxyl groups excluding tert-OH is 1. The second kappa shape index (κ2) is 5.96. The lowest BCUT2D eigenvalue weighted by Gasteiger charge is -2.24. The van der Waals surface area contributed by atoms with Crippen LogP contribution in [0, 0.1) is 6.92 Å². The average molecular weight is 344 g/mol. The van der Waals surface area contributed by atoms with Crippen LogP contribution in [0.3, 0.4) is 0 Å². The van der Waals surface area contributed by atoms with Gasteiger partial charge in [0.15, 0.2) is 16.5 Å². The van der Waals surface area contributed by atoms with Crippen molar-refractivity contribution in [2.45, 2.75) is 38.6 Å². The van der Waals surface area contributed by atoms with Crippen LogP contribution in [0.1, 0.15) is 29.5 Å². The Balaban J connectivity index is 2.82. The van der Waals surface area contributed by atoms with Crippen molar-refractivity contribution >= 4 is 21.8 Å². The summed E-state index contributed by atoms with van der Waals surface area (Å²) in [5.41, 5.74) is 0.487. The van der Waals surface area contributed by atoms with Crippen LogP contribution in [0.4, 0.5) is 13.2 Å². The Morgan fingerprint density at radius 3 is 2.53 bits per heavy atom. The van der Waals surface area contributed by atoms with Gasteiger partial charge in [0, 0.05) is 5.56 Å². The summed E-state index contributed by atoms with van der Waals surface area (Å²) in [6, 6.07) is 0.103. The fraction of sp³-hybridized carbons (Fsp3) is 0.545. The number of rotatable bonds is 4. The number of hydrogen-bond donors (Lipinski definition) is 2. The lowest BCUT2D eigenvalue weighted by molar-refractivity contribution is -0.211. The minimum atomic E-state index is -4.78. The molecule has 1 amide bonds. The summed E-state index contributed by atoms with van der Waals surface area (Å²) >= 11 is 3.02. The van der Waals surface area contributed by atoms with Crippen LogP contribution in [0.25, 0.3) is 0 Å². The number of halogens is 4. The van der Waals surface area contributed by atoms with Gasteiger partial charge in [-0.3, -0.25) is 4.79 Å². The highest BCUT2D eigenvalue weighted by Crippen LogP contribution is 2.24. The van der Waals surface area contributed by atoms with Gasteiger partial charge in [0.25, 0.3) is 5.91 Å². The monoisotopic (exact) mass is 343 g/mol. The Morgan fingerprint density at radius 2 is 2.16 bits per heavy atom. The zero-order chi connectivity index (χ0) is 14.8. The van der Waals surface area contributed by atoms with Crippen molar-refractivity contribution in [1.82, 2.24) is 5.32 Å². The number of nitrogens with one attached hydrogen (secondary N) is 1. The highest BCUT2D eigenvalue weighted by atomic mass is 79.9. The molecule has 19 heavy (non-hydrogen) atoms. The van der Waals surface area contributed by atoms with E-state index in [1.54, 1.807) is 6.92 Å². The number of alkyl halides is 3. The van der Waals surface area contributed by atoms with E-state index >= 15 is 0 Å². The third-order valence-corrected chi connectivity index (χ3v) is 2.96. The first-order valence-corrected chi connectivity index (χ1v) is 6.27. The van der Waals surface area contributed by atoms with Crippen LogP contribution in [0.2, 0.25) is 0 Å². The molecule has 2 unspecified atom stereocenters. The highest BCUT2D eigenvalue weighted by molar-refractivity contribution is 9.10. The van der Waals surface area contributed by atoms with Gasteiger partial charge in [-0.15, -0.1) is 0 Å². The van der Waals surface area contributed by atoms with E-state index in [1.165, 1.54) is 13.0 Å². The summed E-state index contributed by atoms with van der Waals surface area (Å²) in [6.07, 6.45) is -7.46. The van der Waals surface area contributed by atoms with Gasteiger partial charge < -0.3 is 14.8 Å². The molecular formula is C11H13BrF3NO3. The van der Waals surface area contributed by atoms with E-state index in [9.17, 15) is 18.0 Å². The van der Waals surface area contributed by atoms with Gasteiger partial charge in [0.1, 0.15) is 0 Å². The molecule has 0 radical (unpaired) electrons. The van der Waals surface area contributed by atoms with Gasteiger partial charge in [-0.05, 0) is 35.3 Å². The maximum atomic E-state index is 12.4. The standard InChI is InChI=1S/C11H13BrF3NO3/c1-3-6(9(17)11(13,14)15)16-10(18)8-5(2)4-7(12)19-8/h4,6,9,17H,3H2,1-2H3,(H,16,18). The van der Waals surface area contributed by atoms with Gasteiger partial charge in [0.05, 0.1) is 6.04 Å². The largest absolute Gasteiger partial charge is 0.444 e. The Hall–Kier alpha value is -1.02. The third kappa shape index (κ3) is 3.97. The number of carbonyl (C=O) groups excluding carboxylic acids is 1. The van der Waals surface area contributed by atoms with E-state index in [-0.39, 0.29) is 12.2 Å². The summed E-state index contributed by atoms with van der Waals surface area (Å²) in [7, 11) is 0. The number of amides is 1. The molecule has 2 N–H and O–H groups in total. The summed E-state index contributed by atoms with van der Waals surface area (Å²) < 4.78 is 42.5. The smallest absolute Gasteiger partial charge is 0.416 e. The lowest BCUT2D eigenvalue weighted by atomic mass is 10.1. The molecule has 4 nitrogen and oxygen atoms in total. The fourth-order valence-electron chi connectivity index (χ4n) is 1.53. The van der Waals surface area contributed by atoms with Crippen molar-refractivity contribution in [2.75, 3.05) is 0 Å². The highest BCUT2D eigenvalue weighted by Gasteiger charge is 2.43. The predicted octanol–water partition coefficient (Wildman–Crippen LogP) is 2.78. The molecule has 0 aliphatic rings. The van der Waals surface area contributed by atoms with E-state index in [0.717, 1.165) is 0 Å². The summed E-state index contributed by atoms with van der Waals surface area (Å²) in [4.78, 5) is 11.8. The quantitative estimate of drug-likeness (QED) is 0.883. The first-order valence-electron chi connectivity index (χ1n) is 5.48. The first-order chi connectivity index (χ1) is 8.66. The van der Waals surface area contributed by atoms with Crippen LogP contribution in [-0.4, -0.2) is 29.3 Å². The van der Waals surface area contributed by atoms with Crippen LogP contribution < -0.4 is 5.32 Å². The number of hydrogen-bond acceptors (Lipinski definition) is 3. The molecule has 0 aliphatic carbocycles. The fourth-order valence-corrected chi connectivity index (χ4v) is 2.04. The average Bonchev–Trinajstić information content (AvgIpc) is 2.63. The summed E-state index contributed by atoms with van der Waals surface area (Å²) in [5, 5.41) is 11.3. The molecule has 0 fully saturated rings. The topological polar surface area (TPSA) is 62.5 Å². The van der Waals surface area contributed by atoms with Crippen molar-refractivity contribution in [3.05, 3.63) is 22.1 Å². The number of aliphatic hydroxyl groups is 1. The molecular weight excluding hydrogens is 331 g/mol. The van der Waals surface area contributed by atoms with E-state index in [1.807, 2.05) is 0 Å². The Labute approximate surface area is 116 Å². The molecule has 0 saturated carbocycles. The second-order valence-electron chi connectivity index (χ2n) is 4.04. The minimum absolute atomic E-state index is 0.0622. The van der Waals surface area contributed by atoms with Gasteiger partial charge in [0.2, 0.25) is 0 Å². The lowest BCUT2D eigenvalue weighted by Crippen LogP contribution is -2.49. The normalized spacial score (nSPS) is 15.1. The first kappa shape index (κ1) is 16.0.